The lowest BCUT2D eigenvalue weighted by molar-refractivity contribution is -0.167. The van der Waals surface area contributed by atoms with Crippen molar-refractivity contribution in [1.29, 1.82) is 0 Å². The number of aromatic nitrogens is 1. The number of hydrogen-bond donors (Lipinski definition) is 1. The number of benzene rings is 1. The summed E-state index contributed by atoms with van der Waals surface area (Å²) in [6.07, 6.45) is 0.309. The number of ether oxygens (including phenoxy) is 2. The molecule has 1 aliphatic rings. The maximum absolute atomic E-state index is 13.1. The lowest BCUT2D eigenvalue weighted by atomic mass is 9.96. The second-order valence-electron chi connectivity index (χ2n) is 7.08. The van der Waals surface area contributed by atoms with Gasteiger partial charge in [-0.2, -0.15) is 0 Å². The Morgan fingerprint density at radius 2 is 2.00 bits per heavy atom. The SMILES string of the molecule is CC1=C(C(=O)O[C@H](C)C(=O)OC(C)C)[C@H](c2ccc(I)cc2Cl)N=C(c2nccs2)N1. The van der Waals surface area contributed by atoms with Crippen molar-refractivity contribution in [3.8, 4) is 0 Å². The van der Waals surface area contributed by atoms with Crippen LogP contribution in [0.3, 0.4) is 0 Å². The number of rotatable bonds is 6. The van der Waals surface area contributed by atoms with Crippen molar-refractivity contribution < 1.29 is 19.1 Å². The van der Waals surface area contributed by atoms with Crippen molar-refractivity contribution in [3.05, 3.63) is 60.2 Å². The Bertz CT molecular complexity index is 1050. The van der Waals surface area contributed by atoms with Gasteiger partial charge in [0.1, 0.15) is 6.04 Å². The number of carbonyl (C=O) groups is 2. The van der Waals surface area contributed by atoms with Crippen LogP contribution in [-0.4, -0.2) is 35.0 Å². The highest BCUT2D eigenvalue weighted by Gasteiger charge is 2.34. The van der Waals surface area contributed by atoms with Crippen LogP contribution in [0.15, 0.2) is 46.0 Å². The molecule has 0 saturated heterocycles. The van der Waals surface area contributed by atoms with Gasteiger partial charge in [0, 0.05) is 31.4 Å². The molecule has 0 amide bonds. The molecule has 164 valence electrons. The highest BCUT2D eigenvalue weighted by Crippen LogP contribution is 2.37. The number of carbonyl (C=O) groups excluding carboxylic acids is 2. The van der Waals surface area contributed by atoms with E-state index < -0.39 is 24.1 Å². The van der Waals surface area contributed by atoms with E-state index in [4.69, 9.17) is 26.1 Å². The lowest BCUT2D eigenvalue weighted by Gasteiger charge is -2.27. The third-order valence-corrected chi connectivity index (χ3v) is 6.10. The zero-order valence-corrected chi connectivity index (χ0v) is 21.0. The monoisotopic (exact) mass is 573 g/mol. The van der Waals surface area contributed by atoms with E-state index in [2.05, 4.69) is 32.9 Å². The minimum absolute atomic E-state index is 0.271. The van der Waals surface area contributed by atoms with Gasteiger partial charge in [0.15, 0.2) is 16.9 Å². The topological polar surface area (TPSA) is 89.9 Å². The molecule has 10 heteroatoms. The molecule has 3 rings (SSSR count). The molecule has 1 aromatic carbocycles. The smallest absolute Gasteiger partial charge is 0.347 e. The summed E-state index contributed by atoms with van der Waals surface area (Å²) < 4.78 is 11.5. The van der Waals surface area contributed by atoms with E-state index in [-0.39, 0.29) is 11.7 Å². The average molecular weight is 574 g/mol. The van der Waals surface area contributed by atoms with Gasteiger partial charge in [0.05, 0.1) is 11.7 Å². The quantitative estimate of drug-likeness (QED) is 0.400. The predicted molar refractivity (Wildman–Crippen MR) is 128 cm³/mol. The number of aliphatic imine (C=N–C) groups is 1. The van der Waals surface area contributed by atoms with Crippen molar-refractivity contribution in [2.75, 3.05) is 0 Å². The van der Waals surface area contributed by atoms with Crippen molar-refractivity contribution in [2.24, 2.45) is 4.99 Å². The first-order chi connectivity index (χ1) is 14.7. The summed E-state index contributed by atoms with van der Waals surface area (Å²) in [5.41, 5.74) is 1.48. The summed E-state index contributed by atoms with van der Waals surface area (Å²) in [5.74, 6) is -0.739. The van der Waals surface area contributed by atoms with Crippen LogP contribution in [0.2, 0.25) is 5.02 Å². The first kappa shape index (κ1) is 23.7. The fourth-order valence-corrected chi connectivity index (χ4v) is 4.49. The number of allylic oxidation sites excluding steroid dienone is 1. The Kier molecular flexibility index (Phi) is 7.71. The van der Waals surface area contributed by atoms with Gasteiger partial charge in [-0.25, -0.2) is 14.6 Å². The zero-order valence-electron chi connectivity index (χ0n) is 17.3. The standard InChI is InChI=1S/C21H21ClIN3O4S/c1-10(2)29-20(27)12(4)30-21(28)16-11(3)25-18(19-24-7-8-31-19)26-17(16)14-6-5-13(23)9-15(14)22/h5-10,12,17H,1-4H3,(H,25,26)/t12-,17+/m1/s1. The molecule has 0 fully saturated rings. The van der Waals surface area contributed by atoms with Crippen molar-refractivity contribution in [1.82, 2.24) is 10.3 Å². The van der Waals surface area contributed by atoms with Crippen LogP contribution in [0.25, 0.3) is 0 Å². The van der Waals surface area contributed by atoms with Crippen molar-refractivity contribution in [3.63, 3.8) is 0 Å². The molecule has 1 aliphatic heterocycles. The van der Waals surface area contributed by atoms with E-state index in [1.54, 1.807) is 33.0 Å². The second-order valence-corrected chi connectivity index (χ2v) is 9.63. The molecule has 31 heavy (non-hydrogen) atoms. The molecule has 0 aliphatic carbocycles. The van der Waals surface area contributed by atoms with Crippen molar-refractivity contribution in [2.45, 2.75) is 45.9 Å². The molecule has 0 spiro atoms. The molecule has 2 aromatic rings. The number of nitrogens with one attached hydrogen (secondary N) is 1. The summed E-state index contributed by atoms with van der Waals surface area (Å²) in [4.78, 5) is 34.3. The van der Waals surface area contributed by atoms with Gasteiger partial charge in [-0.15, -0.1) is 11.3 Å². The summed E-state index contributed by atoms with van der Waals surface area (Å²) >= 11 is 10.1. The van der Waals surface area contributed by atoms with E-state index in [1.807, 2.05) is 17.5 Å². The van der Waals surface area contributed by atoms with Crippen LogP contribution >= 0.6 is 45.5 Å². The molecule has 0 bridgehead atoms. The van der Waals surface area contributed by atoms with E-state index >= 15 is 0 Å². The number of amidine groups is 1. The van der Waals surface area contributed by atoms with Gasteiger partial charge in [-0.1, -0.05) is 17.7 Å². The lowest BCUT2D eigenvalue weighted by Crippen LogP contribution is -2.35. The molecular weight excluding hydrogens is 553 g/mol. The third-order valence-electron chi connectivity index (χ3n) is 4.32. The highest BCUT2D eigenvalue weighted by molar-refractivity contribution is 14.1. The van der Waals surface area contributed by atoms with Crippen molar-refractivity contribution >= 4 is 63.3 Å². The Hall–Kier alpha value is -1.98. The van der Waals surface area contributed by atoms with E-state index in [0.29, 0.717) is 27.1 Å². The Morgan fingerprint density at radius 1 is 1.26 bits per heavy atom. The summed E-state index contributed by atoms with van der Waals surface area (Å²) in [7, 11) is 0. The first-order valence-electron chi connectivity index (χ1n) is 9.49. The fourth-order valence-electron chi connectivity index (χ4n) is 2.94. The maximum Gasteiger partial charge on any atom is 0.347 e. The minimum atomic E-state index is -1.06. The number of esters is 2. The normalized spacial score (nSPS) is 17.1. The van der Waals surface area contributed by atoms with E-state index in [9.17, 15) is 9.59 Å². The average Bonchev–Trinajstić information content (AvgIpc) is 3.21. The summed E-state index contributed by atoms with van der Waals surface area (Å²) in [5, 5.41) is 6.14. The van der Waals surface area contributed by atoms with Crippen LogP contribution in [0.1, 0.15) is 44.3 Å². The third kappa shape index (κ3) is 5.64. The molecular formula is C21H21ClIN3O4S. The molecule has 2 heterocycles. The van der Waals surface area contributed by atoms with Gasteiger partial charge in [0.2, 0.25) is 0 Å². The Labute approximate surface area is 203 Å². The predicted octanol–water partition coefficient (Wildman–Crippen LogP) is 4.65. The zero-order chi connectivity index (χ0) is 22.7. The number of thiazole rings is 1. The van der Waals surface area contributed by atoms with Crippen LogP contribution in [0, 0.1) is 3.57 Å². The minimum Gasteiger partial charge on any atom is -0.460 e. The molecule has 0 saturated carbocycles. The Morgan fingerprint density at radius 3 is 2.61 bits per heavy atom. The van der Waals surface area contributed by atoms with Gasteiger partial charge in [-0.05, 0) is 62.4 Å². The highest BCUT2D eigenvalue weighted by atomic mass is 127. The van der Waals surface area contributed by atoms with Crippen LogP contribution in [-0.2, 0) is 19.1 Å². The first-order valence-corrected chi connectivity index (χ1v) is 11.8. The summed E-state index contributed by atoms with van der Waals surface area (Å²) in [6.45, 7) is 6.69. The van der Waals surface area contributed by atoms with Crippen LogP contribution in [0.4, 0.5) is 0 Å². The number of halogens is 2. The Balaban J connectivity index is 1.97. The molecule has 1 N–H and O–H groups in total. The maximum atomic E-state index is 13.1. The fraction of sp³-hybridized carbons (Fsp3) is 0.333. The van der Waals surface area contributed by atoms with Gasteiger partial charge >= 0.3 is 11.9 Å². The van der Waals surface area contributed by atoms with Gasteiger partial charge in [-0.3, -0.25) is 4.99 Å². The molecule has 2 atom stereocenters. The van der Waals surface area contributed by atoms with Crippen LogP contribution < -0.4 is 5.32 Å². The molecule has 7 nitrogen and oxygen atoms in total. The van der Waals surface area contributed by atoms with E-state index in [0.717, 1.165) is 3.57 Å². The number of hydrogen-bond acceptors (Lipinski definition) is 8. The second kappa shape index (κ2) is 10.1. The molecule has 1 aromatic heterocycles. The van der Waals surface area contributed by atoms with Crippen LogP contribution in [0.5, 0.6) is 0 Å². The van der Waals surface area contributed by atoms with E-state index in [1.165, 1.54) is 18.3 Å². The van der Waals surface area contributed by atoms with Gasteiger partial charge < -0.3 is 14.8 Å². The largest absolute Gasteiger partial charge is 0.460 e. The van der Waals surface area contributed by atoms with Gasteiger partial charge in [0.25, 0.3) is 0 Å². The number of nitrogens with zero attached hydrogens (tertiary/aromatic N) is 2. The molecule has 0 unspecified atom stereocenters. The molecule has 0 radical (unpaired) electrons. The summed E-state index contributed by atoms with van der Waals surface area (Å²) in [6, 6.07) is 4.81.